The van der Waals surface area contributed by atoms with Gasteiger partial charge in [-0.15, -0.1) is 0 Å². The van der Waals surface area contributed by atoms with Gasteiger partial charge in [-0.2, -0.15) is 13.2 Å². The average Bonchev–Trinajstić information content (AvgIpc) is 2.25. The van der Waals surface area contributed by atoms with Gasteiger partial charge in [0.15, 0.2) is 0 Å². The molecule has 1 heterocycles. The molecule has 0 unspecified atom stereocenters. The van der Waals surface area contributed by atoms with Crippen molar-refractivity contribution in [3.63, 3.8) is 0 Å². The summed E-state index contributed by atoms with van der Waals surface area (Å²) < 4.78 is 42.4. The number of piperazine rings is 1. The largest absolute Gasteiger partial charge is 0.444 e. The van der Waals surface area contributed by atoms with E-state index in [0.717, 1.165) is 4.90 Å². The predicted octanol–water partition coefficient (Wildman–Crippen LogP) is 1.46. The number of ether oxygens (including phenoxy) is 1. The molecule has 1 rings (SSSR count). The van der Waals surface area contributed by atoms with E-state index in [1.165, 1.54) is 4.90 Å². The van der Waals surface area contributed by atoms with Gasteiger partial charge in [0.1, 0.15) is 5.60 Å². The molecule has 1 N–H and O–H groups in total. The van der Waals surface area contributed by atoms with E-state index >= 15 is 0 Å². The Morgan fingerprint density at radius 3 is 2.35 bits per heavy atom. The van der Waals surface area contributed by atoms with E-state index in [-0.39, 0.29) is 19.6 Å². The normalized spacial score (nSPS) is 21.9. The molecule has 0 saturated carbocycles. The van der Waals surface area contributed by atoms with Gasteiger partial charge in [-0.05, 0) is 20.8 Å². The van der Waals surface area contributed by atoms with Gasteiger partial charge in [-0.25, -0.2) is 4.79 Å². The highest BCUT2D eigenvalue weighted by Crippen LogP contribution is 2.21. The van der Waals surface area contributed by atoms with Gasteiger partial charge >= 0.3 is 12.3 Å². The first kappa shape index (κ1) is 17.0. The van der Waals surface area contributed by atoms with Gasteiger partial charge in [0.05, 0.1) is 19.2 Å². The molecule has 1 aliphatic rings. The van der Waals surface area contributed by atoms with Crippen LogP contribution in [0.15, 0.2) is 0 Å². The molecule has 1 saturated heterocycles. The number of carbonyl (C=O) groups excluding carboxylic acids is 1. The fourth-order valence-corrected chi connectivity index (χ4v) is 2.00. The van der Waals surface area contributed by atoms with Gasteiger partial charge in [-0.1, -0.05) is 0 Å². The van der Waals surface area contributed by atoms with Crippen LogP contribution in [0.3, 0.4) is 0 Å². The van der Waals surface area contributed by atoms with Gasteiger partial charge in [0.2, 0.25) is 0 Å². The van der Waals surface area contributed by atoms with Crippen LogP contribution in [0.25, 0.3) is 0 Å². The fraction of sp³-hybridized carbons (Fsp3) is 0.917. The van der Waals surface area contributed by atoms with E-state index in [9.17, 15) is 23.1 Å². The van der Waals surface area contributed by atoms with E-state index in [4.69, 9.17) is 4.74 Å². The van der Waals surface area contributed by atoms with Crippen molar-refractivity contribution >= 4 is 6.09 Å². The summed E-state index contributed by atoms with van der Waals surface area (Å²) in [6.07, 6.45) is -4.88. The van der Waals surface area contributed by atoms with Crippen LogP contribution < -0.4 is 0 Å². The number of hydrogen-bond acceptors (Lipinski definition) is 4. The number of carbonyl (C=O) groups is 1. The highest BCUT2D eigenvalue weighted by Gasteiger charge is 2.38. The number of aliphatic hydroxyl groups excluding tert-OH is 1. The number of alkyl halides is 3. The summed E-state index contributed by atoms with van der Waals surface area (Å²) in [5.41, 5.74) is -0.658. The summed E-state index contributed by atoms with van der Waals surface area (Å²) >= 11 is 0. The van der Waals surface area contributed by atoms with Crippen molar-refractivity contribution in [2.45, 2.75) is 38.6 Å². The highest BCUT2D eigenvalue weighted by atomic mass is 19.4. The van der Waals surface area contributed by atoms with E-state index in [1.54, 1.807) is 20.8 Å². The van der Waals surface area contributed by atoms with E-state index in [1.807, 2.05) is 0 Å². The lowest BCUT2D eigenvalue weighted by Crippen LogP contribution is -2.58. The fourth-order valence-electron chi connectivity index (χ4n) is 2.00. The zero-order valence-electron chi connectivity index (χ0n) is 11.9. The molecule has 118 valence electrons. The first-order valence-electron chi connectivity index (χ1n) is 6.41. The van der Waals surface area contributed by atoms with Gasteiger partial charge in [-0.3, -0.25) is 4.90 Å². The number of nitrogens with zero attached hydrogens (tertiary/aromatic N) is 2. The Hall–Kier alpha value is -1.02. The second-order valence-corrected chi connectivity index (χ2v) is 5.85. The average molecular weight is 298 g/mol. The second kappa shape index (κ2) is 6.17. The monoisotopic (exact) mass is 298 g/mol. The highest BCUT2D eigenvalue weighted by molar-refractivity contribution is 5.68. The molecular formula is C12H21F3N2O3. The van der Waals surface area contributed by atoms with E-state index in [2.05, 4.69) is 0 Å². The number of aliphatic hydroxyl groups is 1. The zero-order valence-corrected chi connectivity index (χ0v) is 11.9. The van der Waals surface area contributed by atoms with Crippen molar-refractivity contribution < 1.29 is 27.8 Å². The van der Waals surface area contributed by atoms with Crippen molar-refractivity contribution in [2.75, 3.05) is 32.8 Å². The second-order valence-electron chi connectivity index (χ2n) is 5.85. The summed E-state index contributed by atoms with van der Waals surface area (Å²) in [5, 5.41) is 9.20. The maximum absolute atomic E-state index is 12.4. The number of halogens is 3. The van der Waals surface area contributed by atoms with Crippen LogP contribution in [0.5, 0.6) is 0 Å². The Bertz CT molecular complexity index is 342. The van der Waals surface area contributed by atoms with Crippen LogP contribution in [-0.4, -0.2) is 71.6 Å². The summed E-state index contributed by atoms with van der Waals surface area (Å²) in [6.45, 7) is 3.87. The molecular weight excluding hydrogens is 277 g/mol. The zero-order chi connectivity index (χ0) is 15.6. The minimum absolute atomic E-state index is 0.0293. The summed E-state index contributed by atoms with van der Waals surface area (Å²) in [5.74, 6) is 0. The first-order valence-corrected chi connectivity index (χ1v) is 6.41. The number of amides is 1. The Kier molecular flexibility index (Phi) is 5.26. The molecule has 1 aliphatic heterocycles. The Morgan fingerprint density at radius 2 is 1.90 bits per heavy atom. The third-order valence-corrected chi connectivity index (χ3v) is 2.85. The molecule has 1 amide bonds. The van der Waals surface area contributed by atoms with Crippen molar-refractivity contribution in [3.05, 3.63) is 0 Å². The number of hydrogen-bond donors (Lipinski definition) is 1. The van der Waals surface area contributed by atoms with Crippen LogP contribution >= 0.6 is 0 Å². The molecule has 20 heavy (non-hydrogen) atoms. The lowest BCUT2D eigenvalue weighted by molar-refractivity contribution is -0.157. The first-order chi connectivity index (χ1) is 9.02. The molecule has 0 aliphatic carbocycles. The van der Waals surface area contributed by atoms with Crippen molar-refractivity contribution in [1.29, 1.82) is 0 Å². The molecule has 0 radical (unpaired) electrons. The van der Waals surface area contributed by atoms with Crippen molar-refractivity contribution in [1.82, 2.24) is 9.80 Å². The lowest BCUT2D eigenvalue weighted by atomic mass is 10.1. The van der Waals surface area contributed by atoms with Crippen molar-refractivity contribution in [2.24, 2.45) is 0 Å². The third-order valence-electron chi connectivity index (χ3n) is 2.85. The Labute approximate surface area is 116 Å². The van der Waals surface area contributed by atoms with Crippen LogP contribution in [0, 0.1) is 0 Å². The van der Waals surface area contributed by atoms with Gasteiger partial charge in [0.25, 0.3) is 0 Å². The van der Waals surface area contributed by atoms with Crippen LogP contribution in [0.1, 0.15) is 20.8 Å². The van der Waals surface area contributed by atoms with Crippen LogP contribution in [-0.2, 0) is 4.74 Å². The quantitative estimate of drug-likeness (QED) is 0.838. The maximum atomic E-state index is 12.4. The van der Waals surface area contributed by atoms with E-state index in [0.29, 0.717) is 0 Å². The van der Waals surface area contributed by atoms with E-state index < -0.39 is 37.1 Å². The smallest absolute Gasteiger partial charge is 0.410 e. The SMILES string of the molecule is CC(C)(C)OC(=O)N1CCN(CC(F)(F)F)[C@H](CO)C1. The summed E-state index contributed by atoms with van der Waals surface area (Å²) in [4.78, 5) is 14.3. The Balaban J connectivity index is 2.61. The Morgan fingerprint density at radius 1 is 1.30 bits per heavy atom. The lowest BCUT2D eigenvalue weighted by Gasteiger charge is -2.41. The maximum Gasteiger partial charge on any atom is 0.410 e. The molecule has 1 atom stereocenters. The van der Waals surface area contributed by atoms with Gasteiger partial charge < -0.3 is 14.7 Å². The van der Waals surface area contributed by atoms with Gasteiger partial charge in [0, 0.05) is 19.6 Å². The third kappa shape index (κ3) is 5.54. The topological polar surface area (TPSA) is 53.0 Å². The molecule has 0 bridgehead atoms. The molecule has 5 nitrogen and oxygen atoms in total. The molecule has 0 spiro atoms. The number of rotatable bonds is 2. The minimum atomic E-state index is -4.32. The molecule has 0 aromatic heterocycles. The molecule has 0 aromatic carbocycles. The van der Waals surface area contributed by atoms with Crippen molar-refractivity contribution in [3.8, 4) is 0 Å². The molecule has 0 aromatic rings. The molecule has 1 fully saturated rings. The standard InChI is InChI=1S/C12H21F3N2O3/c1-11(2,3)20-10(19)16-4-5-17(8-12(13,14)15)9(6-16)7-18/h9,18H,4-8H2,1-3H3/t9-/m0/s1. The summed E-state index contributed by atoms with van der Waals surface area (Å²) in [7, 11) is 0. The molecule has 8 heteroatoms. The van der Waals surface area contributed by atoms with Crippen LogP contribution in [0.4, 0.5) is 18.0 Å². The van der Waals surface area contributed by atoms with Crippen LogP contribution in [0.2, 0.25) is 0 Å². The minimum Gasteiger partial charge on any atom is -0.444 e. The summed E-state index contributed by atoms with van der Waals surface area (Å²) in [6, 6.07) is -0.724. The predicted molar refractivity (Wildman–Crippen MR) is 66.3 cm³/mol.